The minimum Gasteiger partial charge on any atom is -0.311 e. The quantitative estimate of drug-likeness (QED) is 0.263. The number of aliphatic imine (C=N–C) groups is 2. The number of halogens is 2. The molecule has 1 rings (SSSR count). The van der Waals surface area contributed by atoms with E-state index in [-0.39, 0.29) is 27.6 Å². The first-order valence-corrected chi connectivity index (χ1v) is 12.4. The summed E-state index contributed by atoms with van der Waals surface area (Å²) in [5.74, 6) is 0. The smallest absolute Gasteiger partial charge is 0.311 e. The molecule has 0 saturated heterocycles. The molecule has 0 amide bonds. The number of hydrogen-bond donors (Lipinski definition) is 2. The monoisotopic (exact) mass is 564 g/mol. The van der Waals surface area contributed by atoms with E-state index >= 15 is 0 Å². The van der Waals surface area contributed by atoms with Gasteiger partial charge in [0.2, 0.25) is 0 Å². The molecule has 2 N–H and O–H groups in total. The maximum atomic E-state index is 8.49. The van der Waals surface area contributed by atoms with Crippen LogP contribution in [0.4, 0.5) is 0 Å². The zero-order valence-corrected chi connectivity index (χ0v) is 22.4. The van der Waals surface area contributed by atoms with Crippen LogP contribution in [0.3, 0.4) is 0 Å². The first-order chi connectivity index (χ1) is 14.2. The molecule has 0 spiro atoms. The van der Waals surface area contributed by atoms with Gasteiger partial charge >= 0.3 is 16.5 Å². The van der Waals surface area contributed by atoms with E-state index in [1.165, 1.54) is 11.4 Å². The van der Waals surface area contributed by atoms with Crippen LogP contribution in [0.25, 0.3) is 0 Å². The van der Waals surface area contributed by atoms with Gasteiger partial charge < -0.3 is 10.6 Å². The van der Waals surface area contributed by atoms with Crippen molar-refractivity contribution >= 4 is 11.4 Å². The van der Waals surface area contributed by atoms with Crippen LogP contribution in [0, 0.1) is 20.5 Å². The van der Waals surface area contributed by atoms with Crippen LogP contribution in [0.2, 0.25) is 0 Å². The average Bonchev–Trinajstić information content (AvgIpc) is 2.48. The van der Waals surface area contributed by atoms with Gasteiger partial charge in [0.05, 0.1) is 0 Å². The molecule has 1 heterocycles. The molecule has 0 atom stereocenters. The summed E-state index contributed by atoms with van der Waals surface area (Å²) in [6.07, 6.45) is 4.19. The van der Waals surface area contributed by atoms with E-state index in [9.17, 15) is 0 Å². The van der Waals surface area contributed by atoms with E-state index in [4.69, 9.17) is 47.3 Å². The fourth-order valence-electron chi connectivity index (χ4n) is 3.07. The summed E-state index contributed by atoms with van der Waals surface area (Å²) in [6.45, 7) is 17.2. The molecule has 0 fully saturated rings. The molecular weight excluding hydrogens is 530 g/mol. The Kier molecular flexibility index (Phi) is 19.9. The Bertz CT molecular complexity index is 521. The van der Waals surface area contributed by atoms with E-state index in [1.807, 2.05) is 0 Å². The van der Waals surface area contributed by atoms with Crippen molar-refractivity contribution in [1.82, 2.24) is 10.6 Å². The largest absolute Gasteiger partial charge is 2.00 e. The summed E-state index contributed by atoms with van der Waals surface area (Å²) in [6, 6.07) is 0. The van der Waals surface area contributed by atoms with Crippen LogP contribution in [0.1, 0.15) is 67.2 Å². The zero-order valence-electron chi connectivity index (χ0n) is 19.9. The Balaban J connectivity index is -0.000000686. The van der Waals surface area contributed by atoms with Crippen molar-refractivity contribution in [2.75, 3.05) is 26.2 Å². The molecule has 0 aromatic heterocycles. The van der Waals surface area contributed by atoms with Crippen molar-refractivity contribution in [2.45, 2.75) is 78.3 Å². The van der Waals surface area contributed by atoms with Crippen molar-refractivity contribution in [3.63, 3.8) is 0 Å². The number of rotatable bonds is 0. The molecule has 1 aliphatic heterocycles. The third kappa shape index (κ3) is 36.7. The molecule has 0 saturated carbocycles. The summed E-state index contributed by atoms with van der Waals surface area (Å²) in [7, 11) is -9.89. The summed E-state index contributed by atoms with van der Waals surface area (Å²) >= 11 is 0. The van der Waals surface area contributed by atoms with Gasteiger partial charge in [0.1, 0.15) is 0 Å². The maximum Gasteiger partial charge on any atom is 2.00 e. The molecule has 0 aromatic rings. The molecular formula is C18H36Cl2N4NiO8. The summed E-state index contributed by atoms with van der Waals surface area (Å²) in [5, 5.41) is 7.28. The Morgan fingerprint density at radius 2 is 0.879 bits per heavy atom. The number of hydrogen-bond acceptors (Lipinski definition) is 12. The molecule has 0 bridgehead atoms. The minimum atomic E-state index is -4.94. The van der Waals surface area contributed by atoms with E-state index in [2.05, 4.69) is 52.2 Å². The molecule has 33 heavy (non-hydrogen) atoms. The maximum absolute atomic E-state index is 8.49. The first kappa shape index (κ1) is 37.6. The molecule has 0 aliphatic carbocycles. The fraction of sp³-hybridized carbons (Fsp3) is 0.889. The van der Waals surface area contributed by atoms with E-state index < -0.39 is 20.5 Å². The molecule has 12 nitrogen and oxygen atoms in total. The van der Waals surface area contributed by atoms with Crippen LogP contribution in [-0.4, -0.2) is 48.7 Å². The predicted molar refractivity (Wildman–Crippen MR) is 98.6 cm³/mol. The Hall–Kier alpha value is 0.0135. The first-order valence-electron chi connectivity index (χ1n) is 9.94. The van der Waals surface area contributed by atoms with E-state index in [0.717, 1.165) is 51.9 Å². The predicted octanol–water partition coefficient (Wildman–Crippen LogP) is -6.30. The van der Waals surface area contributed by atoms with Crippen LogP contribution in [0.15, 0.2) is 9.98 Å². The molecule has 200 valence electrons. The summed E-state index contributed by atoms with van der Waals surface area (Å²) < 4.78 is 67.9. The van der Waals surface area contributed by atoms with E-state index in [0.29, 0.717) is 0 Å². The topological polar surface area (TPSA) is 233 Å². The SMILES string of the molecule is CC1=NCCCNC(C)(C)CC(C)=NCCCNC(C)(C)C1.[Ni+2].[O-][Cl+3]([O-])([O-])[O-].[O-][Cl+3]([O-])([O-])[O-]. The van der Waals surface area contributed by atoms with Crippen LogP contribution >= 0.6 is 0 Å². The van der Waals surface area contributed by atoms with Gasteiger partial charge in [0, 0.05) is 48.4 Å². The van der Waals surface area contributed by atoms with Crippen molar-refractivity contribution in [1.29, 1.82) is 0 Å². The molecule has 15 heteroatoms. The number of nitrogens with zero attached hydrogens (tertiary/aromatic N) is 2. The zero-order chi connectivity index (χ0) is 25.6. The minimum absolute atomic E-state index is 0. The molecule has 0 unspecified atom stereocenters. The second kappa shape index (κ2) is 17.4. The fourth-order valence-corrected chi connectivity index (χ4v) is 3.07. The van der Waals surface area contributed by atoms with Gasteiger partial charge in [-0.2, -0.15) is 0 Å². The molecule has 0 aromatic carbocycles. The third-order valence-corrected chi connectivity index (χ3v) is 4.04. The Labute approximate surface area is 210 Å². The second-order valence-electron chi connectivity index (χ2n) is 8.67. The number of nitrogens with one attached hydrogen (secondary N) is 2. The normalized spacial score (nSPS) is 20.4. The summed E-state index contributed by atoms with van der Waals surface area (Å²) in [5.41, 5.74) is 2.73. The van der Waals surface area contributed by atoms with Crippen LogP contribution < -0.4 is 47.9 Å². The van der Waals surface area contributed by atoms with Crippen molar-refractivity contribution in [3.05, 3.63) is 0 Å². The van der Waals surface area contributed by atoms with Crippen molar-refractivity contribution in [3.8, 4) is 0 Å². The van der Waals surface area contributed by atoms with Crippen molar-refractivity contribution < 1.29 is 74.2 Å². The van der Waals surface area contributed by atoms with Crippen LogP contribution in [-0.2, 0) is 16.5 Å². The average molecular weight is 566 g/mol. The van der Waals surface area contributed by atoms with Gasteiger partial charge in [-0.05, 0) is 67.5 Å². The summed E-state index contributed by atoms with van der Waals surface area (Å²) in [4.78, 5) is 9.45. The molecule has 0 radical (unpaired) electrons. The van der Waals surface area contributed by atoms with Crippen molar-refractivity contribution in [2.24, 2.45) is 9.98 Å². The Morgan fingerprint density at radius 1 is 0.636 bits per heavy atom. The molecule has 1 aliphatic rings. The van der Waals surface area contributed by atoms with Gasteiger partial charge in [0.15, 0.2) is 0 Å². The van der Waals surface area contributed by atoms with Gasteiger partial charge in [0.25, 0.3) is 0 Å². The van der Waals surface area contributed by atoms with E-state index in [1.54, 1.807) is 0 Å². The van der Waals surface area contributed by atoms with Gasteiger partial charge in [-0.1, -0.05) is 0 Å². The van der Waals surface area contributed by atoms with Gasteiger partial charge in [-0.3, -0.25) is 9.98 Å². The standard InChI is InChI=1S/C18H36N4.2ClHO4.Ni/c1-15-13-17(3,4)21-12-8-10-20-16(2)14-18(5,6)22-11-7-9-19-15;2*2-1(3,4)5;/h21-22H,7-14H2,1-6H3;2*(H,2,3,4,5);/q;;;+2/p-2. The van der Waals surface area contributed by atoms with Gasteiger partial charge in [-0.15, -0.1) is 20.5 Å². The second-order valence-corrected chi connectivity index (χ2v) is 10.2. The van der Waals surface area contributed by atoms with Gasteiger partial charge in [-0.25, -0.2) is 37.3 Å². The van der Waals surface area contributed by atoms with Crippen LogP contribution in [0.5, 0.6) is 0 Å². The third-order valence-electron chi connectivity index (χ3n) is 4.04. The Morgan fingerprint density at radius 3 is 1.12 bits per heavy atom.